The topological polar surface area (TPSA) is 81.0 Å². The molecule has 1 aromatic carbocycles. The van der Waals surface area contributed by atoms with Gasteiger partial charge in [-0.25, -0.2) is 4.98 Å². The molecule has 1 unspecified atom stereocenters. The lowest BCUT2D eigenvalue weighted by Crippen LogP contribution is -2.23. The molecule has 0 amide bonds. The van der Waals surface area contributed by atoms with Crippen molar-refractivity contribution in [1.29, 1.82) is 0 Å². The van der Waals surface area contributed by atoms with E-state index in [9.17, 15) is 4.79 Å². The Balaban J connectivity index is 1.96. The highest BCUT2D eigenvalue weighted by atomic mass is 16.5. The molecule has 5 heteroatoms. The molecule has 20 heavy (non-hydrogen) atoms. The summed E-state index contributed by atoms with van der Waals surface area (Å²) in [4.78, 5) is 19.2. The normalized spacial score (nSPS) is 17.1. The maximum Gasteiger partial charge on any atom is 0.256 e. The fourth-order valence-corrected chi connectivity index (χ4v) is 2.56. The molecule has 3 N–H and O–H groups in total. The molecular weight excluding hydrogens is 254 g/mol. The summed E-state index contributed by atoms with van der Waals surface area (Å²) in [6.07, 6.45) is 0.420. The number of rotatable bonds is 2. The Kier molecular flexibility index (Phi) is 2.97. The predicted octanol–water partition coefficient (Wildman–Crippen LogP) is 2.15. The Morgan fingerprint density at radius 1 is 1.40 bits per heavy atom. The number of anilines is 1. The SMILES string of the molecule is CC(C)c1c(N)nc(C2Cc3ccccc3O2)[nH]c1=O. The van der Waals surface area contributed by atoms with Crippen LogP contribution in [0.4, 0.5) is 5.82 Å². The highest BCUT2D eigenvalue weighted by Crippen LogP contribution is 2.35. The Hall–Kier alpha value is -2.30. The first-order chi connectivity index (χ1) is 9.56. The van der Waals surface area contributed by atoms with Gasteiger partial charge in [-0.15, -0.1) is 0 Å². The van der Waals surface area contributed by atoms with Crippen molar-refractivity contribution in [2.75, 3.05) is 5.73 Å². The van der Waals surface area contributed by atoms with Crippen LogP contribution in [0.5, 0.6) is 5.75 Å². The van der Waals surface area contributed by atoms with Crippen molar-refractivity contribution in [1.82, 2.24) is 9.97 Å². The van der Waals surface area contributed by atoms with Crippen LogP contribution < -0.4 is 16.0 Å². The quantitative estimate of drug-likeness (QED) is 0.877. The van der Waals surface area contributed by atoms with Gasteiger partial charge in [0.1, 0.15) is 11.6 Å². The Bertz CT molecular complexity index is 682. The van der Waals surface area contributed by atoms with Gasteiger partial charge in [0.15, 0.2) is 11.9 Å². The van der Waals surface area contributed by atoms with E-state index in [0.717, 1.165) is 11.3 Å². The molecule has 1 aliphatic rings. The van der Waals surface area contributed by atoms with Gasteiger partial charge in [-0.3, -0.25) is 4.79 Å². The van der Waals surface area contributed by atoms with E-state index in [2.05, 4.69) is 9.97 Å². The average molecular weight is 271 g/mol. The number of nitrogens with zero attached hydrogens (tertiary/aromatic N) is 1. The van der Waals surface area contributed by atoms with Crippen molar-refractivity contribution < 1.29 is 4.74 Å². The van der Waals surface area contributed by atoms with Gasteiger partial charge in [0.25, 0.3) is 5.56 Å². The van der Waals surface area contributed by atoms with Crippen molar-refractivity contribution >= 4 is 5.82 Å². The Labute approximate surface area is 116 Å². The molecule has 104 valence electrons. The predicted molar refractivity (Wildman–Crippen MR) is 76.9 cm³/mol. The fraction of sp³-hybridized carbons (Fsp3) is 0.333. The second-order valence-electron chi connectivity index (χ2n) is 5.32. The molecule has 0 saturated heterocycles. The van der Waals surface area contributed by atoms with Crippen molar-refractivity contribution in [3.05, 3.63) is 51.6 Å². The van der Waals surface area contributed by atoms with Crippen LogP contribution in [0.25, 0.3) is 0 Å². The molecule has 0 saturated carbocycles. The summed E-state index contributed by atoms with van der Waals surface area (Å²) in [6.45, 7) is 3.84. The molecule has 2 heterocycles. The zero-order chi connectivity index (χ0) is 14.3. The summed E-state index contributed by atoms with van der Waals surface area (Å²) in [7, 11) is 0. The van der Waals surface area contributed by atoms with Crippen LogP contribution >= 0.6 is 0 Å². The number of hydrogen-bond donors (Lipinski definition) is 2. The lowest BCUT2D eigenvalue weighted by molar-refractivity contribution is 0.227. The minimum Gasteiger partial charge on any atom is -0.482 e. The lowest BCUT2D eigenvalue weighted by atomic mass is 10.1. The van der Waals surface area contributed by atoms with E-state index in [-0.39, 0.29) is 17.6 Å². The Morgan fingerprint density at radius 3 is 2.80 bits per heavy atom. The van der Waals surface area contributed by atoms with Gasteiger partial charge >= 0.3 is 0 Å². The molecule has 3 rings (SSSR count). The minimum absolute atomic E-state index is 0.0435. The van der Waals surface area contributed by atoms with Gasteiger partial charge in [-0.2, -0.15) is 0 Å². The highest BCUT2D eigenvalue weighted by molar-refractivity contribution is 5.42. The van der Waals surface area contributed by atoms with E-state index in [1.165, 1.54) is 0 Å². The smallest absolute Gasteiger partial charge is 0.256 e. The number of benzene rings is 1. The average Bonchev–Trinajstić information content (AvgIpc) is 2.81. The molecule has 0 spiro atoms. The number of hydrogen-bond acceptors (Lipinski definition) is 4. The second kappa shape index (κ2) is 4.67. The van der Waals surface area contributed by atoms with Gasteiger partial charge in [-0.05, 0) is 17.5 Å². The largest absolute Gasteiger partial charge is 0.482 e. The first-order valence-corrected chi connectivity index (χ1v) is 6.70. The zero-order valence-corrected chi connectivity index (χ0v) is 11.5. The summed E-state index contributed by atoms with van der Waals surface area (Å²) in [5.74, 6) is 1.67. The molecular formula is C15H17N3O2. The molecule has 5 nitrogen and oxygen atoms in total. The summed E-state index contributed by atoms with van der Waals surface area (Å²) < 4.78 is 5.82. The summed E-state index contributed by atoms with van der Waals surface area (Å²) >= 11 is 0. The number of aromatic amines is 1. The molecule has 0 fully saturated rings. The van der Waals surface area contributed by atoms with E-state index in [4.69, 9.17) is 10.5 Å². The third kappa shape index (κ3) is 2.05. The Morgan fingerprint density at radius 2 is 2.15 bits per heavy atom. The number of nitrogens with one attached hydrogen (secondary N) is 1. The van der Waals surface area contributed by atoms with Gasteiger partial charge in [-0.1, -0.05) is 32.0 Å². The van der Waals surface area contributed by atoms with Crippen molar-refractivity contribution in [3.8, 4) is 5.75 Å². The highest BCUT2D eigenvalue weighted by Gasteiger charge is 2.27. The second-order valence-corrected chi connectivity index (χ2v) is 5.32. The van der Waals surface area contributed by atoms with Gasteiger partial charge < -0.3 is 15.5 Å². The zero-order valence-electron chi connectivity index (χ0n) is 11.5. The van der Waals surface area contributed by atoms with Gasteiger partial charge in [0.05, 0.1) is 5.56 Å². The number of fused-ring (bicyclic) bond motifs is 1. The number of ether oxygens (including phenoxy) is 1. The van der Waals surface area contributed by atoms with Crippen LogP contribution in [0.1, 0.15) is 42.8 Å². The summed E-state index contributed by atoms with van der Waals surface area (Å²) in [5, 5.41) is 0. The summed E-state index contributed by atoms with van der Waals surface area (Å²) in [5.41, 5.74) is 7.38. The van der Waals surface area contributed by atoms with Crippen molar-refractivity contribution in [2.45, 2.75) is 32.3 Å². The van der Waals surface area contributed by atoms with E-state index in [0.29, 0.717) is 23.6 Å². The van der Waals surface area contributed by atoms with E-state index in [1.54, 1.807) is 0 Å². The van der Waals surface area contributed by atoms with E-state index < -0.39 is 0 Å². The third-order valence-corrected chi connectivity index (χ3v) is 3.53. The van der Waals surface area contributed by atoms with E-state index >= 15 is 0 Å². The fourth-order valence-electron chi connectivity index (χ4n) is 2.56. The molecule has 0 radical (unpaired) electrons. The van der Waals surface area contributed by atoms with Crippen LogP contribution in [0.3, 0.4) is 0 Å². The van der Waals surface area contributed by atoms with Crippen LogP contribution in [0.15, 0.2) is 29.1 Å². The van der Waals surface area contributed by atoms with Crippen LogP contribution in [-0.2, 0) is 6.42 Å². The third-order valence-electron chi connectivity index (χ3n) is 3.53. The minimum atomic E-state index is -0.274. The molecule has 0 aliphatic carbocycles. The van der Waals surface area contributed by atoms with Crippen molar-refractivity contribution in [3.63, 3.8) is 0 Å². The van der Waals surface area contributed by atoms with Crippen LogP contribution in [0.2, 0.25) is 0 Å². The maximum absolute atomic E-state index is 12.1. The van der Waals surface area contributed by atoms with Gasteiger partial charge in [0.2, 0.25) is 0 Å². The van der Waals surface area contributed by atoms with E-state index in [1.807, 2.05) is 38.1 Å². The number of aromatic nitrogens is 2. The van der Waals surface area contributed by atoms with Crippen LogP contribution in [-0.4, -0.2) is 9.97 Å². The monoisotopic (exact) mass is 271 g/mol. The van der Waals surface area contributed by atoms with Gasteiger partial charge in [0, 0.05) is 6.42 Å². The maximum atomic E-state index is 12.1. The summed E-state index contributed by atoms with van der Waals surface area (Å²) in [6, 6.07) is 7.82. The molecule has 1 atom stereocenters. The number of nitrogen functional groups attached to an aromatic ring is 1. The lowest BCUT2D eigenvalue weighted by Gasteiger charge is -2.13. The first kappa shape index (κ1) is 12.7. The molecule has 1 aliphatic heterocycles. The number of para-hydroxylation sites is 1. The van der Waals surface area contributed by atoms with Crippen LogP contribution in [0, 0.1) is 0 Å². The molecule has 1 aromatic heterocycles. The molecule has 2 aromatic rings. The number of nitrogens with two attached hydrogens (primary N) is 1. The van der Waals surface area contributed by atoms with Crippen molar-refractivity contribution in [2.24, 2.45) is 0 Å². The number of H-pyrrole nitrogens is 1. The molecule has 0 bridgehead atoms. The standard InChI is InChI=1S/C15H17N3O2/c1-8(2)12-13(16)17-14(18-15(12)19)11-7-9-5-3-4-6-10(9)20-11/h3-6,8,11H,7H2,1-2H3,(H3,16,17,18,19). The first-order valence-electron chi connectivity index (χ1n) is 6.70.